The standard InChI is InChI=1S/C12H19N3OS/c1-3-16-11-6-7-13-12(15-11)14-9-4-5-10(8-9)17-2/h6-7,9-10H,3-5,8H2,1-2H3,(H,13,14,15). The summed E-state index contributed by atoms with van der Waals surface area (Å²) in [5.41, 5.74) is 0. The van der Waals surface area contributed by atoms with Gasteiger partial charge in [0.15, 0.2) is 0 Å². The van der Waals surface area contributed by atoms with Crippen LogP contribution in [0.1, 0.15) is 26.2 Å². The average molecular weight is 253 g/mol. The maximum Gasteiger partial charge on any atom is 0.226 e. The predicted octanol–water partition coefficient (Wildman–Crippen LogP) is 2.57. The van der Waals surface area contributed by atoms with Gasteiger partial charge < -0.3 is 10.1 Å². The first-order valence-corrected chi connectivity index (χ1v) is 7.35. The fourth-order valence-corrected chi connectivity index (χ4v) is 2.90. The van der Waals surface area contributed by atoms with Crippen molar-refractivity contribution in [3.63, 3.8) is 0 Å². The Morgan fingerprint density at radius 3 is 3.12 bits per heavy atom. The number of rotatable bonds is 5. The van der Waals surface area contributed by atoms with Crippen LogP contribution in [0, 0.1) is 0 Å². The lowest BCUT2D eigenvalue weighted by Gasteiger charge is -2.13. The second kappa shape index (κ2) is 6.10. The Bertz CT molecular complexity index is 361. The van der Waals surface area contributed by atoms with Gasteiger partial charge in [0.25, 0.3) is 0 Å². The van der Waals surface area contributed by atoms with Gasteiger partial charge in [0.05, 0.1) is 6.61 Å². The zero-order valence-corrected chi connectivity index (χ0v) is 11.2. The van der Waals surface area contributed by atoms with Crippen LogP contribution >= 0.6 is 11.8 Å². The second-order valence-corrected chi connectivity index (χ2v) is 5.30. The summed E-state index contributed by atoms with van der Waals surface area (Å²) in [4.78, 5) is 8.55. The molecular formula is C12H19N3OS. The van der Waals surface area contributed by atoms with Crippen molar-refractivity contribution in [3.8, 4) is 5.88 Å². The smallest absolute Gasteiger partial charge is 0.226 e. The maximum atomic E-state index is 5.36. The number of nitrogens with zero attached hydrogens (tertiary/aromatic N) is 2. The minimum atomic E-state index is 0.504. The van der Waals surface area contributed by atoms with E-state index in [0.29, 0.717) is 24.5 Å². The van der Waals surface area contributed by atoms with E-state index in [2.05, 4.69) is 21.5 Å². The van der Waals surface area contributed by atoms with Crippen molar-refractivity contribution < 1.29 is 4.74 Å². The summed E-state index contributed by atoms with van der Waals surface area (Å²) in [5, 5.41) is 4.17. The van der Waals surface area contributed by atoms with Gasteiger partial charge in [0, 0.05) is 23.6 Å². The maximum absolute atomic E-state index is 5.36. The van der Waals surface area contributed by atoms with Crippen LogP contribution in [0.5, 0.6) is 5.88 Å². The molecule has 0 amide bonds. The number of hydrogen-bond donors (Lipinski definition) is 1. The van der Waals surface area contributed by atoms with Gasteiger partial charge in [-0.1, -0.05) is 0 Å². The summed E-state index contributed by atoms with van der Waals surface area (Å²) >= 11 is 1.95. The summed E-state index contributed by atoms with van der Waals surface area (Å²) < 4.78 is 5.36. The number of thioether (sulfide) groups is 1. The molecule has 94 valence electrons. The first kappa shape index (κ1) is 12.5. The van der Waals surface area contributed by atoms with Crippen LogP contribution in [-0.2, 0) is 0 Å². The third-order valence-electron chi connectivity index (χ3n) is 2.97. The summed E-state index contributed by atoms with van der Waals surface area (Å²) in [6, 6.07) is 2.29. The van der Waals surface area contributed by atoms with Crippen molar-refractivity contribution in [1.82, 2.24) is 9.97 Å². The van der Waals surface area contributed by atoms with Crippen LogP contribution in [0.15, 0.2) is 12.3 Å². The van der Waals surface area contributed by atoms with Crippen LogP contribution in [0.4, 0.5) is 5.95 Å². The van der Waals surface area contributed by atoms with E-state index in [1.807, 2.05) is 18.7 Å². The molecule has 0 radical (unpaired) electrons. The van der Waals surface area contributed by atoms with Gasteiger partial charge in [-0.25, -0.2) is 4.98 Å². The molecule has 1 saturated carbocycles. The second-order valence-electron chi connectivity index (χ2n) is 4.16. The van der Waals surface area contributed by atoms with Crippen molar-refractivity contribution in [3.05, 3.63) is 12.3 Å². The Morgan fingerprint density at radius 2 is 2.41 bits per heavy atom. The Hall–Kier alpha value is -0.970. The lowest BCUT2D eigenvalue weighted by molar-refractivity contribution is 0.326. The molecule has 0 aliphatic heterocycles. The Labute approximate surface area is 107 Å². The molecule has 1 aliphatic carbocycles. The van der Waals surface area contributed by atoms with E-state index in [9.17, 15) is 0 Å². The van der Waals surface area contributed by atoms with Gasteiger partial charge in [0.1, 0.15) is 0 Å². The van der Waals surface area contributed by atoms with Crippen LogP contribution in [0.3, 0.4) is 0 Å². The normalized spacial score (nSPS) is 23.6. The molecule has 0 saturated heterocycles. The van der Waals surface area contributed by atoms with E-state index >= 15 is 0 Å². The highest BCUT2D eigenvalue weighted by Crippen LogP contribution is 2.29. The van der Waals surface area contributed by atoms with E-state index in [1.165, 1.54) is 19.3 Å². The van der Waals surface area contributed by atoms with Crippen molar-refractivity contribution in [1.29, 1.82) is 0 Å². The van der Waals surface area contributed by atoms with E-state index in [0.717, 1.165) is 5.25 Å². The van der Waals surface area contributed by atoms with Gasteiger partial charge in [-0.05, 0) is 32.4 Å². The summed E-state index contributed by atoms with van der Waals surface area (Å²) in [5.74, 6) is 1.33. The molecule has 4 nitrogen and oxygen atoms in total. The third kappa shape index (κ3) is 3.49. The summed E-state index contributed by atoms with van der Waals surface area (Å²) in [6.07, 6.45) is 7.60. The minimum absolute atomic E-state index is 0.504. The molecule has 1 N–H and O–H groups in total. The molecule has 1 heterocycles. The highest BCUT2D eigenvalue weighted by Gasteiger charge is 2.24. The van der Waals surface area contributed by atoms with Gasteiger partial charge in [-0.15, -0.1) is 0 Å². The fraction of sp³-hybridized carbons (Fsp3) is 0.667. The van der Waals surface area contributed by atoms with Gasteiger partial charge in [-0.3, -0.25) is 0 Å². The van der Waals surface area contributed by atoms with Crippen LogP contribution in [-0.4, -0.2) is 34.1 Å². The minimum Gasteiger partial charge on any atom is -0.478 e. The summed E-state index contributed by atoms with van der Waals surface area (Å²) in [6.45, 7) is 2.59. The predicted molar refractivity (Wildman–Crippen MR) is 71.8 cm³/mol. The van der Waals surface area contributed by atoms with E-state index in [-0.39, 0.29) is 0 Å². The molecule has 1 aromatic heterocycles. The van der Waals surface area contributed by atoms with Crippen LogP contribution < -0.4 is 10.1 Å². The number of anilines is 1. The first-order chi connectivity index (χ1) is 8.31. The van der Waals surface area contributed by atoms with Crippen LogP contribution in [0.2, 0.25) is 0 Å². The molecule has 0 spiro atoms. The Kier molecular flexibility index (Phi) is 4.48. The number of aromatic nitrogens is 2. The molecule has 5 heteroatoms. The van der Waals surface area contributed by atoms with E-state index in [4.69, 9.17) is 4.74 Å². The molecule has 0 bridgehead atoms. The number of nitrogens with one attached hydrogen (secondary N) is 1. The van der Waals surface area contributed by atoms with Crippen molar-refractivity contribution >= 4 is 17.7 Å². The van der Waals surface area contributed by atoms with Crippen molar-refractivity contribution in [2.75, 3.05) is 18.2 Å². The molecule has 0 aromatic carbocycles. The monoisotopic (exact) mass is 253 g/mol. The third-order valence-corrected chi connectivity index (χ3v) is 4.07. The molecule has 2 rings (SSSR count). The largest absolute Gasteiger partial charge is 0.478 e. The topological polar surface area (TPSA) is 47.0 Å². The summed E-state index contributed by atoms with van der Waals surface area (Å²) in [7, 11) is 0. The van der Waals surface area contributed by atoms with Gasteiger partial charge in [-0.2, -0.15) is 16.7 Å². The number of hydrogen-bond acceptors (Lipinski definition) is 5. The SMILES string of the molecule is CCOc1ccnc(NC2CCC(SC)C2)n1. The highest BCUT2D eigenvalue weighted by atomic mass is 32.2. The van der Waals surface area contributed by atoms with E-state index in [1.54, 1.807) is 12.3 Å². The van der Waals surface area contributed by atoms with Gasteiger partial charge in [0.2, 0.25) is 11.8 Å². The lowest BCUT2D eigenvalue weighted by atomic mass is 10.2. The van der Waals surface area contributed by atoms with Crippen LogP contribution in [0.25, 0.3) is 0 Å². The molecule has 1 fully saturated rings. The van der Waals surface area contributed by atoms with Crippen molar-refractivity contribution in [2.45, 2.75) is 37.5 Å². The molecule has 2 atom stereocenters. The molecule has 1 aromatic rings. The first-order valence-electron chi connectivity index (χ1n) is 6.07. The average Bonchev–Trinajstić information content (AvgIpc) is 2.78. The fourth-order valence-electron chi connectivity index (χ4n) is 2.11. The Morgan fingerprint density at radius 1 is 1.53 bits per heavy atom. The lowest BCUT2D eigenvalue weighted by Crippen LogP contribution is -2.18. The molecule has 1 aliphatic rings. The van der Waals surface area contributed by atoms with Crippen molar-refractivity contribution in [2.24, 2.45) is 0 Å². The highest BCUT2D eigenvalue weighted by molar-refractivity contribution is 7.99. The Balaban J connectivity index is 1.92. The zero-order chi connectivity index (χ0) is 12.1. The quantitative estimate of drug-likeness (QED) is 0.874. The van der Waals surface area contributed by atoms with E-state index < -0.39 is 0 Å². The molecular weight excluding hydrogens is 234 g/mol. The molecule has 2 unspecified atom stereocenters. The number of ether oxygens (including phenoxy) is 1. The zero-order valence-electron chi connectivity index (χ0n) is 10.3. The van der Waals surface area contributed by atoms with Gasteiger partial charge >= 0.3 is 0 Å². The molecule has 17 heavy (non-hydrogen) atoms.